The molecule has 0 saturated heterocycles. The molecule has 6 heteroatoms. The van der Waals surface area contributed by atoms with Crippen LogP contribution in [-0.4, -0.2) is 24.4 Å². The normalized spacial score (nSPS) is 17.3. The molecular formula is C22H26FNO4. The van der Waals surface area contributed by atoms with Gasteiger partial charge in [0.2, 0.25) is 0 Å². The summed E-state index contributed by atoms with van der Waals surface area (Å²) in [6.45, 7) is 7.81. The first-order chi connectivity index (χ1) is 13.1. The zero-order valence-electron chi connectivity index (χ0n) is 16.8. The van der Waals surface area contributed by atoms with Gasteiger partial charge in [-0.2, -0.15) is 0 Å². The van der Waals surface area contributed by atoms with E-state index < -0.39 is 18.0 Å². The fourth-order valence-electron chi connectivity index (χ4n) is 3.87. The standard InChI is InChI=1S/C22H26FNO4/c1-12(2)28-18-7-6-13(9-19(18)27-5)15-8-14-11-22(3,4)20(24-21(25)26)16(14)10-17(15)23/h6-10,12,20,24H,11H2,1-5H3,(H,25,26)/t20-/m0/s1. The van der Waals surface area contributed by atoms with Gasteiger partial charge in [0.1, 0.15) is 5.82 Å². The minimum atomic E-state index is -1.11. The summed E-state index contributed by atoms with van der Waals surface area (Å²) < 4.78 is 26.1. The van der Waals surface area contributed by atoms with E-state index in [9.17, 15) is 9.18 Å². The van der Waals surface area contributed by atoms with Gasteiger partial charge in [-0.15, -0.1) is 0 Å². The van der Waals surface area contributed by atoms with Crippen LogP contribution in [0.4, 0.5) is 9.18 Å². The smallest absolute Gasteiger partial charge is 0.405 e. The number of carboxylic acid groups (broad SMARTS) is 1. The molecule has 2 aromatic rings. The summed E-state index contributed by atoms with van der Waals surface area (Å²) in [7, 11) is 1.55. The second kappa shape index (κ2) is 7.34. The van der Waals surface area contributed by atoms with Crippen molar-refractivity contribution in [1.82, 2.24) is 5.32 Å². The highest BCUT2D eigenvalue weighted by Gasteiger charge is 2.40. The Hall–Kier alpha value is -2.76. The van der Waals surface area contributed by atoms with Crippen LogP contribution in [0.1, 0.15) is 44.9 Å². The van der Waals surface area contributed by atoms with Crippen LogP contribution in [0.25, 0.3) is 11.1 Å². The maximum absolute atomic E-state index is 15.0. The van der Waals surface area contributed by atoms with Crippen LogP contribution in [0.5, 0.6) is 11.5 Å². The van der Waals surface area contributed by atoms with Gasteiger partial charge in [0.15, 0.2) is 11.5 Å². The number of hydrogen-bond donors (Lipinski definition) is 2. The lowest BCUT2D eigenvalue weighted by atomic mass is 9.85. The van der Waals surface area contributed by atoms with E-state index in [1.165, 1.54) is 6.07 Å². The molecule has 0 saturated carbocycles. The summed E-state index contributed by atoms with van der Waals surface area (Å²) in [5.74, 6) is 0.750. The van der Waals surface area contributed by atoms with Crippen LogP contribution in [0.15, 0.2) is 30.3 Å². The van der Waals surface area contributed by atoms with E-state index in [0.29, 0.717) is 34.6 Å². The lowest BCUT2D eigenvalue weighted by Crippen LogP contribution is -2.34. The third kappa shape index (κ3) is 3.77. The van der Waals surface area contributed by atoms with Gasteiger partial charge in [0.05, 0.1) is 19.3 Å². The number of amides is 1. The average Bonchev–Trinajstić information content (AvgIpc) is 2.83. The molecule has 28 heavy (non-hydrogen) atoms. The second-order valence-corrected chi connectivity index (χ2v) is 8.11. The zero-order chi connectivity index (χ0) is 20.6. The van der Waals surface area contributed by atoms with Gasteiger partial charge >= 0.3 is 6.09 Å². The maximum Gasteiger partial charge on any atom is 0.405 e. The number of benzene rings is 2. The number of ether oxygens (including phenoxy) is 2. The Kier molecular flexibility index (Phi) is 5.24. The van der Waals surface area contributed by atoms with E-state index in [1.54, 1.807) is 25.3 Å². The van der Waals surface area contributed by atoms with Crippen LogP contribution in [0.2, 0.25) is 0 Å². The van der Waals surface area contributed by atoms with Crippen LogP contribution >= 0.6 is 0 Å². The molecule has 0 heterocycles. The molecule has 5 nitrogen and oxygen atoms in total. The van der Waals surface area contributed by atoms with Crippen molar-refractivity contribution in [2.45, 2.75) is 46.3 Å². The minimum absolute atomic E-state index is 0.00243. The number of fused-ring (bicyclic) bond motifs is 1. The molecule has 0 radical (unpaired) electrons. The highest BCUT2D eigenvalue weighted by atomic mass is 19.1. The van der Waals surface area contributed by atoms with Crippen molar-refractivity contribution in [2.75, 3.05) is 7.11 Å². The molecule has 1 amide bonds. The minimum Gasteiger partial charge on any atom is -0.493 e. The van der Waals surface area contributed by atoms with Crippen LogP contribution in [0, 0.1) is 11.2 Å². The lowest BCUT2D eigenvalue weighted by Gasteiger charge is -2.27. The fourth-order valence-corrected chi connectivity index (χ4v) is 3.87. The van der Waals surface area contributed by atoms with Crippen molar-refractivity contribution in [3.05, 3.63) is 47.3 Å². The second-order valence-electron chi connectivity index (χ2n) is 8.11. The molecule has 0 aromatic heterocycles. The van der Waals surface area contributed by atoms with Crippen LogP contribution in [0.3, 0.4) is 0 Å². The molecule has 0 fully saturated rings. The summed E-state index contributed by atoms with van der Waals surface area (Å²) in [6.07, 6.45) is -0.454. The van der Waals surface area contributed by atoms with Crippen LogP contribution in [-0.2, 0) is 6.42 Å². The van der Waals surface area contributed by atoms with Crippen molar-refractivity contribution in [1.29, 1.82) is 0 Å². The molecule has 1 aliphatic carbocycles. The molecule has 0 unspecified atom stereocenters. The van der Waals surface area contributed by atoms with E-state index in [-0.39, 0.29) is 11.5 Å². The van der Waals surface area contributed by atoms with E-state index >= 15 is 0 Å². The van der Waals surface area contributed by atoms with Gasteiger partial charge in [-0.3, -0.25) is 0 Å². The topological polar surface area (TPSA) is 67.8 Å². The third-order valence-electron chi connectivity index (χ3n) is 5.07. The Morgan fingerprint density at radius 3 is 2.57 bits per heavy atom. The first-order valence-corrected chi connectivity index (χ1v) is 9.29. The molecule has 0 spiro atoms. The SMILES string of the molecule is COc1cc(-c2cc3c(cc2F)[C@H](NC(=O)O)C(C)(C)C3)ccc1OC(C)C. The van der Waals surface area contributed by atoms with Gasteiger partial charge in [-0.05, 0) is 66.6 Å². The van der Waals surface area contributed by atoms with E-state index in [4.69, 9.17) is 14.6 Å². The summed E-state index contributed by atoms with van der Waals surface area (Å²) >= 11 is 0. The number of halogens is 1. The molecule has 0 aliphatic heterocycles. The molecule has 150 valence electrons. The van der Waals surface area contributed by atoms with E-state index in [2.05, 4.69) is 5.32 Å². The van der Waals surface area contributed by atoms with Gasteiger partial charge < -0.3 is 19.9 Å². The Morgan fingerprint density at radius 2 is 1.96 bits per heavy atom. The number of nitrogens with one attached hydrogen (secondary N) is 1. The number of rotatable bonds is 5. The number of methoxy groups -OCH3 is 1. The Balaban J connectivity index is 2.03. The summed E-state index contributed by atoms with van der Waals surface area (Å²) in [5.41, 5.74) is 2.45. The van der Waals surface area contributed by atoms with Crippen molar-refractivity contribution in [3.8, 4) is 22.6 Å². The van der Waals surface area contributed by atoms with Crippen molar-refractivity contribution >= 4 is 6.09 Å². The summed E-state index contributed by atoms with van der Waals surface area (Å²) in [6, 6.07) is 8.16. The Bertz CT molecular complexity index is 908. The Labute approximate surface area is 164 Å². The van der Waals surface area contributed by atoms with Gasteiger partial charge in [-0.25, -0.2) is 9.18 Å². The van der Waals surface area contributed by atoms with Gasteiger partial charge in [0.25, 0.3) is 0 Å². The molecule has 3 rings (SSSR count). The quantitative estimate of drug-likeness (QED) is 0.742. The van der Waals surface area contributed by atoms with E-state index in [0.717, 1.165) is 5.56 Å². The fraction of sp³-hybridized carbons (Fsp3) is 0.409. The largest absolute Gasteiger partial charge is 0.493 e. The third-order valence-corrected chi connectivity index (χ3v) is 5.07. The zero-order valence-corrected chi connectivity index (χ0v) is 16.8. The Morgan fingerprint density at radius 1 is 1.25 bits per heavy atom. The first-order valence-electron chi connectivity index (χ1n) is 9.29. The van der Waals surface area contributed by atoms with E-state index in [1.807, 2.05) is 33.8 Å². The molecule has 1 aliphatic rings. The summed E-state index contributed by atoms with van der Waals surface area (Å²) in [4.78, 5) is 11.2. The first kappa shape index (κ1) is 20.0. The average molecular weight is 387 g/mol. The van der Waals surface area contributed by atoms with Crippen molar-refractivity contribution < 1.29 is 23.8 Å². The summed E-state index contributed by atoms with van der Waals surface area (Å²) in [5, 5.41) is 11.7. The molecule has 2 aromatic carbocycles. The maximum atomic E-state index is 15.0. The monoisotopic (exact) mass is 387 g/mol. The predicted molar refractivity (Wildman–Crippen MR) is 106 cm³/mol. The molecular weight excluding hydrogens is 361 g/mol. The van der Waals surface area contributed by atoms with Gasteiger partial charge in [-0.1, -0.05) is 19.9 Å². The predicted octanol–water partition coefficient (Wildman–Crippen LogP) is 5.18. The van der Waals surface area contributed by atoms with Crippen molar-refractivity contribution in [3.63, 3.8) is 0 Å². The number of carbonyl (C=O) groups is 1. The molecule has 1 atom stereocenters. The lowest BCUT2D eigenvalue weighted by molar-refractivity contribution is 0.175. The van der Waals surface area contributed by atoms with Gasteiger partial charge in [0, 0.05) is 5.56 Å². The van der Waals surface area contributed by atoms with Crippen LogP contribution < -0.4 is 14.8 Å². The molecule has 2 N–H and O–H groups in total. The highest BCUT2D eigenvalue weighted by molar-refractivity contribution is 5.71. The molecule has 0 bridgehead atoms. The highest BCUT2D eigenvalue weighted by Crippen LogP contribution is 2.47. The van der Waals surface area contributed by atoms with Crippen molar-refractivity contribution in [2.24, 2.45) is 5.41 Å². The number of hydrogen-bond acceptors (Lipinski definition) is 3.